The minimum atomic E-state index is 0. The standard InChI is InChI=1S/C12H18.CH4.B/c1-9(2)11-7-5-6-8-12(11)10(3)4;;/h5-10H,1-4H3;1H4;. The minimum Gasteiger partial charge on any atom is -0.0776 e. The molecule has 0 unspecified atom stereocenters. The predicted octanol–water partition coefficient (Wildman–Crippen LogP) is 4.19. The van der Waals surface area contributed by atoms with E-state index in [4.69, 9.17) is 0 Å². The summed E-state index contributed by atoms with van der Waals surface area (Å²) in [5, 5.41) is 0. The van der Waals surface area contributed by atoms with Gasteiger partial charge in [0.25, 0.3) is 0 Å². The van der Waals surface area contributed by atoms with Gasteiger partial charge in [0.15, 0.2) is 0 Å². The van der Waals surface area contributed by atoms with Crippen molar-refractivity contribution >= 4 is 8.41 Å². The summed E-state index contributed by atoms with van der Waals surface area (Å²) in [6.45, 7) is 9.00. The first-order valence-electron chi connectivity index (χ1n) is 4.71. The predicted molar refractivity (Wildman–Crippen MR) is 67.1 cm³/mol. The molecule has 0 bridgehead atoms. The molecular weight excluding hydrogens is 167 g/mol. The fourth-order valence-corrected chi connectivity index (χ4v) is 1.56. The average Bonchev–Trinajstić information content (AvgIpc) is 2.04. The number of hydrogen-bond acceptors (Lipinski definition) is 0. The summed E-state index contributed by atoms with van der Waals surface area (Å²) in [5.41, 5.74) is 2.99. The first-order valence-corrected chi connectivity index (χ1v) is 4.71. The van der Waals surface area contributed by atoms with Gasteiger partial charge in [-0.25, -0.2) is 0 Å². The van der Waals surface area contributed by atoms with Gasteiger partial charge in [-0.05, 0) is 23.0 Å². The number of benzene rings is 1. The zero-order valence-electron chi connectivity index (χ0n) is 9.04. The molecule has 0 amide bonds. The van der Waals surface area contributed by atoms with Crippen molar-refractivity contribution in [3.63, 3.8) is 0 Å². The molecule has 0 aliphatic heterocycles. The molecule has 0 heterocycles. The summed E-state index contributed by atoms with van der Waals surface area (Å²) in [4.78, 5) is 0. The van der Waals surface area contributed by atoms with E-state index in [2.05, 4.69) is 52.0 Å². The highest BCUT2D eigenvalue weighted by Crippen LogP contribution is 2.25. The minimum absolute atomic E-state index is 0. The molecule has 0 saturated carbocycles. The van der Waals surface area contributed by atoms with Gasteiger partial charge in [-0.1, -0.05) is 59.4 Å². The van der Waals surface area contributed by atoms with Crippen LogP contribution >= 0.6 is 0 Å². The lowest BCUT2D eigenvalue weighted by Crippen LogP contribution is -1.97. The van der Waals surface area contributed by atoms with Crippen molar-refractivity contribution in [3.8, 4) is 0 Å². The van der Waals surface area contributed by atoms with E-state index in [1.165, 1.54) is 11.1 Å². The van der Waals surface area contributed by atoms with E-state index in [0.29, 0.717) is 11.8 Å². The third-order valence-electron chi connectivity index (χ3n) is 2.24. The molecular formula is C13H22B. The van der Waals surface area contributed by atoms with Gasteiger partial charge in [-0.2, -0.15) is 0 Å². The highest BCUT2D eigenvalue weighted by atomic mass is 14.1. The van der Waals surface area contributed by atoms with Crippen LogP contribution in [0.5, 0.6) is 0 Å². The maximum Gasteiger partial charge on any atom is 0 e. The Morgan fingerprint density at radius 3 is 1.29 bits per heavy atom. The van der Waals surface area contributed by atoms with E-state index >= 15 is 0 Å². The van der Waals surface area contributed by atoms with Crippen molar-refractivity contribution in [1.29, 1.82) is 0 Å². The molecule has 0 N–H and O–H groups in total. The SMILES string of the molecule is C.CC(C)c1ccccc1C(C)C.[B]. The second-order valence-electron chi connectivity index (χ2n) is 3.94. The highest BCUT2D eigenvalue weighted by Gasteiger charge is 2.07. The Morgan fingerprint density at radius 1 is 0.786 bits per heavy atom. The molecule has 0 spiro atoms. The van der Waals surface area contributed by atoms with E-state index < -0.39 is 0 Å². The van der Waals surface area contributed by atoms with Crippen LogP contribution < -0.4 is 0 Å². The van der Waals surface area contributed by atoms with Crippen molar-refractivity contribution in [2.45, 2.75) is 47.0 Å². The maximum absolute atomic E-state index is 2.25. The fourth-order valence-electron chi connectivity index (χ4n) is 1.56. The second-order valence-corrected chi connectivity index (χ2v) is 3.94. The molecule has 0 nitrogen and oxygen atoms in total. The third-order valence-corrected chi connectivity index (χ3v) is 2.24. The van der Waals surface area contributed by atoms with Crippen LogP contribution in [0.3, 0.4) is 0 Å². The number of rotatable bonds is 2. The Morgan fingerprint density at radius 2 is 1.07 bits per heavy atom. The lowest BCUT2D eigenvalue weighted by atomic mass is 9.91. The van der Waals surface area contributed by atoms with Gasteiger partial charge in [-0.15, -0.1) is 0 Å². The quantitative estimate of drug-likeness (QED) is 0.612. The summed E-state index contributed by atoms with van der Waals surface area (Å²) in [6.07, 6.45) is 0. The normalized spacial score (nSPS) is 9.57. The largest absolute Gasteiger partial charge is 0.0776 e. The average molecular weight is 189 g/mol. The molecule has 3 radical (unpaired) electrons. The van der Waals surface area contributed by atoms with Gasteiger partial charge in [0, 0.05) is 8.41 Å². The van der Waals surface area contributed by atoms with E-state index in [1.807, 2.05) is 0 Å². The summed E-state index contributed by atoms with van der Waals surface area (Å²) >= 11 is 0. The second kappa shape index (κ2) is 6.70. The van der Waals surface area contributed by atoms with Crippen LogP contribution in [-0.4, -0.2) is 8.41 Å². The van der Waals surface area contributed by atoms with Gasteiger partial charge in [0.1, 0.15) is 0 Å². The molecule has 1 heteroatoms. The van der Waals surface area contributed by atoms with Crippen molar-refractivity contribution in [2.24, 2.45) is 0 Å². The van der Waals surface area contributed by atoms with Crippen LogP contribution in [0.25, 0.3) is 0 Å². The number of hydrogen-bond donors (Lipinski definition) is 0. The lowest BCUT2D eigenvalue weighted by molar-refractivity contribution is 0.790. The van der Waals surface area contributed by atoms with Crippen LogP contribution in [0.4, 0.5) is 0 Å². The summed E-state index contributed by atoms with van der Waals surface area (Å²) in [5.74, 6) is 1.28. The molecule has 1 aromatic rings. The molecule has 0 fully saturated rings. The topological polar surface area (TPSA) is 0 Å². The van der Waals surface area contributed by atoms with E-state index in [-0.39, 0.29) is 15.8 Å². The molecule has 0 aliphatic rings. The van der Waals surface area contributed by atoms with Gasteiger partial charge >= 0.3 is 0 Å². The summed E-state index contributed by atoms with van der Waals surface area (Å²) in [7, 11) is 0. The van der Waals surface area contributed by atoms with Gasteiger partial charge in [0.05, 0.1) is 0 Å². The van der Waals surface area contributed by atoms with Crippen molar-refractivity contribution in [3.05, 3.63) is 35.4 Å². The Labute approximate surface area is 91.3 Å². The van der Waals surface area contributed by atoms with Crippen LogP contribution in [0.15, 0.2) is 24.3 Å². The lowest BCUT2D eigenvalue weighted by Gasteiger charge is -2.14. The van der Waals surface area contributed by atoms with Gasteiger partial charge in [0.2, 0.25) is 0 Å². The zero-order valence-corrected chi connectivity index (χ0v) is 9.04. The van der Waals surface area contributed by atoms with E-state index in [1.54, 1.807) is 0 Å². The van der Waals surface area contributed by atoms with Crippen molar-refractivity contribution < 1.29 is 0 Å². The Hall–Kier alpha value is -0.715. The summed E-state index contributed by atoms with van der Waals surface area (Å²) < 4.78 is 0. The van der Waals surface area contributed by atoms with E-state index in [9.17, 15) is 0 Å². The third kappa shape index (κ3) is 3.57. The molecule has 0 aromatic heterocycles. The van der Waals surface area contributed by atoms with E-state index in [0.717, 1.165) is 0 Å². The molecule has 0 atom stereocenters. The monoisotopic (exact) mass is 189 g/mol. The molecule has 1 rings (SSSR count). The first-order chi connectivity index (χ1) is 5.63. The van der Waals surface area contributed by atoms with Crippen molar-refractivity contribution in [1.82, 2.24) is 0 Å². The Bertz CT molecular complexity index is 224. The van der Waals surface area contributed by atoms with Crippen LogP contribution in [0.1, 0.15) is 58.1 Å². The molecule has 0 aliphatic carbocycles. The molecule has 0 saturated heterocycles. The van der Waals surface area contributed by atoms with Gasteiger partial charge < -0.3 is 0 Å². The first kappa shape index (κ1) is 15.7. The van der Waals surface area contributed by atoms with Gasteiger partial charge in [-0.3, -0.25) is 0 Å². The molecule has 77 valence electrons. The smallest absolute Gasteiger partial charge is 0 e. The highest BCUT2D eigenvalue weighted by molar-refractivity contribution is 5.75. The van der Waals surface area contributed by atoms with Crippen LogP contribution in [-0.2, 0) is 0 Å². The van der Waals surface area contributed by atoms with Crippen LogP contribution in [0, 0.1) is 0 Å². The molecule has 14 heavy (non-hydrogen) atoms. The summed E-state index contributed by atoms with van der Waals surface area (Å²) in [6, 6.07) is 8.72. The Balaban J connectivity index is 0. The molecule has 1 aromatic carbocycles. The zero-order chi connectivity index (χ0) is 9.14. The fraction of sp³-hybridized carbons (Fsp3) is 0.538. The Kier molecular flexibility index (Phi) is 7.53. The van der Waals surface area contributed by atoms with Crippen LogP contribution in [0.2, 0.25) is 0 Å². The maximum atomic E-state index is 2.25. The van der Waals surface area contributed by atoms with Crippen molar-refractivity contribution in [2.75, 3.05) is 0 Å².